The molecule has 1 fully saturated rings. The number of pyridine rings is 1. The lowest BCUT2D eigenvalue weighted by Gasteiger charge is -2.10. The first-order chi connectivity index (χ1) is 6.79. The van der Waals surface area contributed by atoms with Crippen LogP contribution in [0.2, 0.25) is 5.15 Å². The fourth-order valence-electron chi connectivity index (χ4n) is 2.12. The molecule has 3 heteroatoms. The van der Waals surface area contributed by atoms with Crippen molar-refractivity contribution in [3.8, 4) is 0 Å². The average Bonchev–Trinajstić information content (AvgIpc) is 2.69. The van der Waals surface area contributed by atoms with E-state index in [0.717, 1.165) is 11.3 Å². The third kappa shape index (κ3) is 2.07. The molecule has 1 aliphatic carbocycles. The highest BCUT2D eigenvalue weighted by atomic mass is 35.5. The van der Waals surface area contributed by atoms with Gasteiger partial charge >= 0.3 is 0 Å². The molecule has 0 radical (unpaired) electrons. The lowest BCUT2D eigenvalue weighted by atomic mass is 10.0. The fraction of sp³-hybridized carbons (Fsp3) is 0.545. The van der Waals surface area contributed by atoms with Gasteiger partial charge < -0.3 is 5.73 Å². The van der Waals surface area contributed by atoms with E-state index in [9.17, 15) is 0 Å². The maximum absolute atomic E-state index is 5.94. The van der Waals surface area contributed by atoms with Crippen LogP contribution in [-0.2, 0) is 6.54 Å². The normalized spacial score (nSPS) is 17.6. The summed E-state index contributed by atoms with van der Waals surface area (Å²) in [6, 6.07) is 3.95. The highest BCUT2D eigenvalue weighted by Gasteiger charge is 2.18. The van der Waals surface area contributed by atoms with Crippen molar-refractivity contribution in [2.45, 2.75) is 38.1 Å². The molecule has 1 aromatic heterocycles. The molecule has 0 spiro atoms. The molecule has 1 aromatic rings. The molecule has 14 heavy (non-hydrogen) atoms. The van der Waals surface area contributed by atoms with Crippen LogP contribution in [0, 0.1) is 0 Å². The predicted octanol–water partition coefficient (Wildman–Crippen LogP) is 2.85. The van der Waals surface area contributed by atoms with Crippen LogP contribution >= 0.6 is 11.6 Å². The molecule has 2 N–H and O–H groups in total. The van der Waals surface area contributed by atoms with Crippen LogP contribution in [0.3, 0.4) is 0 Å². The maximum Gasteiger partial charge on any atom is 0.129 e. The van der Waals surface area contributed by atoms with Crippen molar-refractivity contribution in [2.75, 3.05) is 0 Å². The lowest BCUT2D eigenvalue weighted by Crippen LogP contribution is -2.02. The Hall–Kier alpha value is -0.600. The zero-order valence-electron chi connectivity index (χ0n) is 8.17. The molecule has 0 aromatic carbocycles. The van der Waals surface area contributed by atoms with Crippen molar-refractivity contribution in [3.05, 3.63) is 28.5 Å². The van der Waals surface area contributed by atoms with E-state index in [4.69, 9.17) is 17.3 Å². The first-order valence-corrected chi connectivity index (χ1v) is 5.54. The maximum atomic E-state index is 5.94. The predicted molar refractivity (Wildman–Crippen MR) is 58.3 cm³/mol. The third-order valence-corrected chi connectivity index (χ3v) is 3.08. The summed E-state index contributed by atoms with van der Waals surface area (Å²) in [5.41, 5.74) is 7.82. The van der Waals surface area contributed by atoms with Gasteiger partial charge in [-0.3, -0.25) is 0 Å². The largest absolute Gasteiger partial charge is 0.326 e. The minimum atomic E-state index is 0.544. The highest BCUT2D eigenvalue weighted by Crippen LogP contribution is 2.33. The van der Waals surface area contributed by atoms with Crippen LogP contribution < -0.4 is 5.73 Å². The van der Waals surface area contributed by atoms with Gasteiger partial charge in [0, 0.05) is 18.2 Å². The van der Waals surface area contributed by atoms with Crippen LogP contribution in [0.15, 0.2) is 12.1 Å². The molecule has 1 heterocycles. The average molecular weight is 211 g/mol. The Morgan fingerprint density at radius 1 is 1.36 bits per heavy atom. The van der Waals surface area contributed by atoms with Gasteiger partial charge in [-0.2, -0.15) is 0 Å². The Balaban J connectivity index is 2.27. The number of rotatable bonds is 2. The summed E-state index contributed by atoms with van der Waals surface area (Å²) >= 11 is 5.94. The topological polar surface area (TPSA) is 38.9 Å². The van der Waals surface area contributed by atoms with Crippen LogP contribution in [0.5, 0.6) is 0 Å². The smallest absolute Gasteiger partial charge is 0.129 e. The van der Waals surface area contributed by atoms with Gasteiger partial charge in [0.1, 0.15) is 5.15 Å². The number of halogens is 1. The Morgan fingerprint density at radius 2 is 2.07 bits per heavy atom. The van der Waals surface area contributed by atoms with Crippen molar-refractivity contribution in [1.82, 2.24) is 4.98 Å². The van der Waals surface area contributed by atoms with Gasteiger partial charge in [0.25, 0.3) is 0 Å². The summed E-state index contributed by atoms with van der Waals surface area (Å²) < 4.78 is 0. The van der Waals surface area contributed by atoms with Gasteiger partial charge in [0.2, 0.25) is 0 Å². The third-order valence-electron chi connectivity index (χ3n) is 2.88. The Kier molecular flexibility index (Phi) is 3.04. The standard InChI is InChI=1S/C11H15ClN2/c12-11-6-8(7-13)5-10(14-11)9-3-1-2-4-9/h5-6,9H,1-4,7,13H2. The summed E-state index contributed by atoms with van der Waals surface area (Å²) in [5, 5.41) is 0.579. The highest BCUT2D eigenvalue weighted by molar-refractivity contribution is 6.29. The monoisotopic (exact) mass is 210 g/mol. The van der Waals surface area contributed by atoms with E-state index in [-0.39, 0.29) is 0 Å². The molecular weight excluding hydrogens is 196 g/mol. The Labute approximate surface area is 89.5 Å². The second kappa shape index (κ2) is 4.28. The van der Waals surface area contributed by atoms with E-state index < -0.39 is 0 Å². The first-order valence-electron chi connectivity index (χ1n) is 5.16. The fourth-order valence-corrected chi connectivity index (χ4v) is 2.36. The van der Waals surface area contributed by atoms with E-state index >= 15 is 0 Å². The molecule has 0 bridgehead atoms. The molecule has 0 amide bonds. The second-order valence-electron chi connectivity index (χ2n) is 3.91. The van der Waals surface area contributed by atoms with Crippen molar-refractivity contribution in [1.29, 1.82) is 0 Å². The van der Waals surface area contributed by atoms with Gasteiger partial charge in [0.15, 0.2) is 0 Å². The molecular formula is C11H15ClN2. The zero-order chi connectivity index (χ0) is 9.97. The van der Waals surface area contributed by atoms with E-state index in [0.29, 0.717) is 17.6 Å². The molecule has 76 valence electrons. The first kappa shape index (κ1) is 9.94. The van der Waals surface area contributed by atoms with Gasteiger partial charge in [-0.05, 0) is 30.5 Å². The summed E-state index contributed by atoms with van der Waals surface area (Å²) in [5.74, 6) is 0.610. The van der Waals surface area contributed by atoms with E-state index in [1.54, 1.807) is 0 Å². The Bertz CT molecular complexity index is 319. The minimum absolute atomic E-state index is 0.544. The Morgan fingerprint density at radius 3 is 2.71 bits per heavy atom. The summed E-state index contributed by atoms with van der Waals surface area (Å²) in [6.07, 6.45) is 5.13. The van der Waals surface area contributed by atoms with Crippen LogP contribution in [0.4, 0.5) is 0 Å². The lowest BCUT2D eigenvalue weighted by molar-refractivity contribution is 0.695. The van der Waals surface area contributed by atoms with Crippen molar-refractivity contribution in [2.24, 2.45) is 5.73 Å². The van der Waals surface area contributed by atoms with Crippen molar-refractivity contribution >= 4 is 11.6 Å². The van der Waals surface area contributed by atoms with Gasteiger partial charge in [-0.15, -0.1) is 0 Å². The number of aromatic nitrogens is 1. The van der Waals surface area contributed by atoms with Crippen LogP contribution in [0.25, 0.3) is 0 Å². The molecule has 2 nitrogen and oxygen atoms in total. The molecule has 2 rings (SSSR count). The van der Waals surface area contributed by atoms with E-state index in [1.165, 1.54) is 25.7 Å². The van der Waals surface area contributed by atoms with Gasteiger partial charge in [-0.1, -0.05) is 24.4 Å². The molecule has 0 aliphatic heterocycles. The molecule has 1 saturated carbocycles. The quantitative estimate of drug-likeness (QED) is 0.763. The molecule has 0 saturated heterocycles. The van der Waals surface area contributed by atoms with Crippen LogP contribution in [0.1, 0.15) is 42.9 Å². The molecule has 0 atom stereocenters. The second-order valence-corrected chi connectivity index (χ2v) is 4.30. The van der Waals surface area contributed by atoms with E-state index in [2.05, 4.69) is 11.1 Å². The number of nitrogens with two attached hydrogens (primary N) is 1. The number of hydrogen-bond acceptors (Lipinski definition) is 2. The van der Waals surface area contributed by atoms with Gasteiger partial charge in [0.05, 0.1) is 0 Å². The van der Waals surface area contributed by atoms with Crippen molar-refractivity contribution in [3.63, 3.8) is 0 Å². The zero-order valence-corrected chi connectivity index (χ0v) is 8.93. The number of hydrogen-bond donors (Lipinski definition) is 1. The SMILES string of the molecule is NCc1cc(Cl)nc(C2CCCC2)c1. The summed E-state index contributed by atoms with van der Waals surface area (Å²) in [7, 11) is 0. The summed E-state index contributed by atoms with van der Waals surface area (Å²) in [6.45, 7) is 0.544. The van der Waals surface area contributed by atoms with E-state index in [1.807, 2.05) is 6.07 Å². The van der Waals surface area contributed by atoms with Crippen molar-refractivity contribution < 1.29 is 0 Å². The molecule has 0 unspecified atom stereocenters. The number of nitrogens with zero attached hydrogens (tertiary/aromatic N) is 1. The molecule has 1 aliphatic rings. The summed E-state index contributed by atoms with van der Waals surface area (Å²) in [4.78, 5) is 4.37. The minimum Gasteiger partial charge on any atom is -0.326 e. The van der Waals surface area contributed by atoms with Gasteiger partial charge in [-0.25, -0.2) is 4.98 Å². The van der Waals surface area contributed by atoms with Crippen LogP contribution in [-0.4, -0.2) is 4.98 Å².